The molecule has 1 fully saturated rings. The van der Waals surface area contributed by atoms with Crippen LogP contribution in [-0.4, -0.2) is 32.0 Å². The van der Waals surface area contributed by atoms with Crippen molar-refractivity contribution in [1.82, 2.24) is 15.2 Å². The average molecular weight is 321 g/mol. The van der Waals surface area contributed by atoms with Crippen molar-refractivity contribution in [3.05, 3.63) is 17.5 Å². The van der Waals surface area contributed by atoms with E-state index < -0.39 is 17.7 Å². The molecular formula is C14H19N5O4. The van der Waals surface area contributed by atoms with Gasteiger partial charge >= 0.3 is 11.9 Å². The van der Waals surface area contributed by atoms with E-state index in [1.807, 2.05) is 0 Å². The van der Waals surface area contributed by atoms with E-state index in [2.05, 4.69) is 32.3 Å². The number of rotatable bonds is 3. The van der Waals surface area contributed by atoms with E-state index in [-0.39, 0.29) is 11.6 Å². The van der Waals surface area contributed by atoms with Crippen LogP contribution in [0.5, 0.6) is 0 Å². The standard InChI is InChI=1S/C14H19N5O4/c1-3-9-4-6-14(7-5-9)22-11(20)10(12(21)23-14)17-19-13-15-8(2)16-18-13/h9,20H,3-7H2,1-2H3,(H,15,16,18). The number of nitrogens with zero attached hydrogens (tertiary/aromatic N) is 4. The van der Waals surface area contributed by atoms with E-state index in [1.54, 1.807) is 6.92 Å². The summed E-state index contributed by atoms with van der Waals surface area (Å²) in [6.07, 6.45) is 4.00. The van der Waals surface area contributed by atoms with Gasteiger partial charge in [-0.1, -0.05) is 13.3 Å². The smallest absolute Gasteiger partial charge is 0.369 e. The van der Waals surface area contributed by atoms with E-state index >= 15 is 0 Å². The first-order valence-corrected chi connectivity index (χ1v) is 7.68. The first-order chi connectivity index (χ1) is 11.0. The Labute approximate surface area is 132 Å². The number of aromatic amines is 1. The van der Waals surface area contributed by atoms with Crippen LogP contribution in [0.3, 0.4) is 0 Å². The van der Waals surface area contributed by atoms with Gasteiger partial charge in [-0.2, -0.15) is 0 Å². The zero-order valence-corrected chi connectivity index (χ0v) is 13.1. The fraction of sp³-hybridized carbons (Fsp3) is 0.643. The number of ether oxygens (including phenoxy) is 2. The summed E-state index contributed by atoms with van der Waals surface area (Å²) in [6, 6.07) is 0. The summed E-state index contributed by atoms with van der Waals surface area (Å²) in [5.74, 6) is -1.09. The number of esters is 1. The molecule has 1 aliphatic carbocycles. The number of hydrogen-bond acceptors (Lipinski definition) is 8. The molecule has 1 aromatic heterocycles. The van der Waals surface area contributed by atoms with Gasteiger partial charge in [-0.05, 0) is 25.7 Å². The second kappa shape index (κ2) is 5.98. The van der Waals surface area contributed by atoms with Gasteiger partial charge in [0.05, 0.1) is 0 Å². The quantitative estimate of drug-likeness (QED) is 0.652. The minimum atomic E-state index is -1.07. The van der Waals surface area contributed by atoms with Gasteiger partial charge in [-0.25, -0.2) is 4.79 Å². The Morgan fingerprint density at radius 2 is 2.04 bits per heavy atom. The van der Waals surface area contributed by atoms with E-state index in [1.165, 1.54) is 0 Å². The summed E-state index contributed by atoms with van der Waals surface area (Å²) < 4.78 is 10.9. The van der Waals surface area contributed by atoms with Crippen LogP contribution >= 0.6 is 0 Å². The molecule has 0 bridgehead atoms. The summed E-state index contributed by atoms with van der Waals surface area (Å²) in [5.41, 5.74) is -0.373. The van der Waals surface area contributed by atoms with Crippen LogP contribution in [0.25, 0.3) is 0 Å². The summed E-state index contributed by atoms with van der Waals surface area (Å²) in [4.78, 5) is 14.9. The third-order valence-corrected chi connectivity index (χ3v) is 4.23. The highest BCUT2D eigenvalue weighted by Crippen LogP contribution is 2.41. The van der Waals surface area contributed by atoms with Gasteiger partial charge in [0.25, 0.3) is 17.4 Å². The summed E-state index contributed by atoms with van der Waals surface area (Å²) >= 11 is 0. The van der Waals surface area contributed by atoms with Gasteiger partial charge < -0.3 is 19.6 Å². The van der Waals surface area contributed by atoms with E-state index in [9.17, 15) is 9.90 Å². The molecular weight excluding hydrogens is 302 g/mol. The molecule has 9 heteroatoms. The van der Waals surface area contributed by atoms with E-state index in [0.29, 0.717) is 24.6 Å². The molecule has 1 aromatic rings. The first kappa shape index (κ1) is 15.4. The predicted octanol–water partition coefficient (Wildman–Crippen LogP) is 2.79. The average Bonchev–Trinajstić information content (AvgIpc) is 2.93. The predicted molar refractivity (Wildman–Crippen MR) is 77.4 cm³/mol. The lowest BCUT2D eigenvalue weighted by molar-refractivity contribution is -0.253. The number of aliphatic hydroxyl groups excluding tert-OH is 1. The SMILES string of the molecule is CCC1CCC2(CC1)OC(=O)C(N=Nc1nnc(C)[nH]1)=C(O)O2. The molecule has 0 saturated heterocycles. The minimum absolute atomic E-state index is 0.124. The monoisotopic (exact) mass is 321 g/mol. The van der Waals surface area contributed by atoms with Gasteiger partial charge in [0.1, 0.15) is 5.82 Å². The minimum Gasteiger partial charge on any atom is -0.479 e. The van der Waals surface area contributed by atoms with Crippen LogP contribution in [0.1, 0.15) is 44.9 Å². The number of aromatic nitrogens is 3. The topological polar surface area (TPSA) is 122 Å². The van der Waals surface area contributed by atoms with Crippen LogP contribution in [-0.2, 0) is 14.3 Å². The molecule has 0 atom stereocenters. The van der Waals surface area contributed by atoms with Crippen molar-refractivity contribution in [2.75, 3.05) is 0 Å². The van der Waals surface area contributed by atoms with Gasteiger partial charge in [-0.3, -0.25) is 0 Å². The van der Waals surface area contributed by atoms with Crippen LogP contribution in [0.2, 0.25) is 0 Å². The first-order valence-electron chi connectivity index (χ1n) is 7.68. The molecule has 2 aliphatic rings. The zero-order valence-electron chi connectivity index (χ0n) is 13.1. The molecule has 0 radical (unpaired) electrons. The molecule has 23 heavy (non-hydrogen) atoms. The molecule has 9 nitrogen and oxygen atoms in total. The van der Waals surface area contributed by atoms with Crippen LogP contribution < -0.4 is 0 Å². The number of hydrogen-bond donors (Lipinski definition) is 2. The van der Waals surface area contributed by atoms with Crippen molar-refractivity contribution in [1.29, 1.82) is 0 Å². The normalized spacial score (nSPS) is 28.3. The van der Waals surface area contributed by atoms with Crippen LogP contribution in [0.15, 0.2) is 21.9 Å². The number of azo groups is 1. The lowest BCUT2D eigenvalue weighted by Crippen LogP contribution is -2.45. The maximum atomic E-state index is 12.1. The lowest BCUT2D eigenvalue weighted by Gasteiger charge is -2.40. The van der Waals surface area contributed by atoms with Gasteiger partial charge in [0.2, 0.25) is 0 Å². The fourth-order valence-corrected chi connectivity index (χ4v) is 2.84. The Kier molecular flexibility index (Phi) is 4.01. The molecule has 1 saturated carbocycles. The molecule has 2 heterocycles. The lowest BCUT2D eigenvalue weighted by atomic mass is 9.83. The number of H-pyrrole nitrogens is 1. The van der Waals surface area contributed by atoms with Crippen molar-refractivity contribution in [3.8, 4) is 0 Å². The highest BCUT2D eigenvalue weighted by molar-refractivity contribution is 5.89. The molecule has 3 rings (SSSR count). The number of aliphatic hydroxyl groups is 1. The molecule has 124 valence electrons. The maximum absolute atomic E-state index is 12.1. The largest absolute Gasteiger partial charge is 0.479 e. The number of carbonyl (C=O) groups excluding carboxylic acids is 1. The highest BCUT2D eigenvalue weighted by atomic mass is 16.8. The van der Waals surface area contributed by atoms with E-state index in [4.69, 9.17) is 9.47 Å². The Hall–Kier alpha value is -2.45. The second-order valence-corrected chi connectivity index (χ2v) is 5.84. The summed E-state index contributed by atoms with van der Waals surface area (Å²) in [7, 11) is 0. The summed E-state index contributed by atoms with van der Waals surface area (Å²) in [5, 5.41) is 24.8. The van der Waals surface area contributed by atoms with Crippen molar-refractivity contribution in [3.63, 3.8) is 0 Å². The van der Waals surface area contributed by atoms with Gasteiger partial charge in [0, 0.05) is 12.8 Å². The number of nitrogens with one attached hydrogen (secondary N) is 1. The number of aryl methyl sites for hydroxylation is 1. The highest BCUT2D eigenvalue weighted by Gasteiger charge is 2.46. The molecule has 1 aliphatic heterocycles. The zero-order chi connectivity index (χ0) is 16.4. The Morgan fingerprint density at radius 3 is 2.61 bits per heavy atom. The molecule has 0 amide bonds. The van der Waals surface area contributed by atoms with Crippen LogP contribution in [0.4, 0.5) is 5.95 Å². The molecule has 2 N–H and O–H groups in total. The third-order valence-electron chi connectivity index (χ3n) is 4.23. The Balaban J connectivity index is 1.74. The Bertz CT molecular complexity index is 658. The Morgan fingerprint density at radius 1 is 1.30 bits per heavy atom. The second-order valence-electron chi connectivity index (χ2n) is 5.84. The molecule has 0 unspecified atom stereocenters. The summed E-state index contributed by atoms with van der Waals surface area (Å²) in [6.45, 7) is 3.84. The third kappa shape index (κ3) is 3.17. The molecule has 1 spiro atoms. The van der Waals surface area contributed by atoms with Gasteiger partial charge in [0.15, 0.2) is 0 Å². The van der Waals surface area contributed by atoms with E-state index in [0.717, 1.165) is 19.3 Å². The van der Waals surface area contributed by atoms with Crippen molar-refractivity contribution in [2.24, 2.45) is 16.1 Å². The van der Waals surface area contributed by atoms with Gasteiger partial charge in [-0.15, -0.1) is 20.4 Å². The maximum Gasteiger partial charge on any atom is 0.369 e. The van der Waals surface area contributed by atoms with Crippen LogP contribution in [0, 0.1) is 12.8 Å². The molecule has 0 aromatic carbocycles. The number of carbonyl (C=O) groups is 1. The van der Waals surface area contributed by atoms with Crippen molar-refractivity contribution < 1.29 is 19.4 Å². The fourth-order valence-electron chi connectivity index (χ4n) is 2.84. The van der Waals surface area contributed by atoms with Crippen molar-refractivity contribution >= 4 is 11.9 Å². The van der Waals surface area contributed by atoms with Crippen molar-refractivity contribution in [2.45, 2.75) is 51.7 Å².